The van der Waals surface area contributed by atoms with E-state index in [1.54, 1.807) is 18.2 Å². The molecule has 0 unspecified atom stereocenters. The van der Waals surface area contributed by atoms with Crippen LogP contribution in [0, 0.1) is 5.92 Å². The van der Waals surface area contributed by atoms with Gasteiger partial charge in [0, 0.05) is 18.8 Å². The minimum atomic E-state index is -0.301. The first-order valence-electron chi connectivity index (χ1n) is 9.62. The number of piperidine rings is 1. The summed E-state index contributed by atoms with van der Waals surface area (Å²) < 4.78 is 0. The van der Waals surface area contributed by atoms with Gasteiger partial charge in [0.1, 0.15) is 11.4 Å². The molecule has 0 spiro atoms. The van der Waals surface area contributed by atoms with E-state index in [-0.39, 0.29) is 17.5 Å². The quantitative estimate of drug-likeness (QED) is 0.877. The topological polar surface area (TPSA) is 62.3 Å². The average Bonchev–Trinajstić information content (AvgIpc) is 2.68. The molecule has 5 nitrogen and oxygen atoms in total. The largest absolute Gasteiger partial charge is 0.337 e. The van der Waals surface area contributed by atoms with Crippen LogP contribution < -0.4 is 5.32 Å². The number of nitrogens with one attached hydrogen (secondary N) is 1. The average molecular weight is 365 g/mol. The Morgan fingerprint density at radius 2 is 1.70 bits per heavy atom. The van der Waals surface area contributed by atoms with Crippen molar-refractivity contribution in [2.45, 2.75) is 39.5 Å². The summed E-state index contributed by atoms with van der Waals surface area (Å²) in [7, 11) is 0. The third-order valence-corrected chi connectivity index (χ3v) is 5.10. The molecule has 1 fully saturated rings. The van der Waals surface area contributed by atoms with Gasteiger partial charge >= 0.3 is 0 Å². The van der Waals surface area contributed by atoms with E-state index in [0.29, 0.717) is 17.5 Å². The lowest BCUT2D eigenvalue weighted by molar-refractivity contribution is 0.0691. The predicted molar refractivity (Wildman–Crippen MR) is 107 cm³/mol. The van der Waals surface area contributed by atoms with Crippen LogP contribution in [-0.2, 0) is 0 Å². The number of carbonyl (C=O) groups is 2. The van der Waals surface area contributed by atoms with Gasteiger partial charge in [-0.2, -0.15) is 0 Å². The van der Waals surface area contributed by atoms with E-state index in [9.17, 15) is 9.59 Å². The van der Waals surface area contributed by atoms with Gasteiger partial charge in [-0.25, -0.2) is 4.98 Å². The molecule has 142 valence electrons. The van der Waals surface area contributed by atoms with E-state index in [1.807, 2.05) is 29.2 Å². The Hall–Kier alpha value is -2.69. The fourth-order valence-corrected chi connectivity index (χ4v) is 3.35. The van der Waals surface area contributed by atoms with E-state index in [0.717, 1.165) is 37.2 Å². The van der Waals surface area contributed by atoms with Crippen LogP contribution in [0.1, 0.15) is 66.1 Å². The molecule has 2 aromatic rings. The molecular weight excluding hydrogens is 338 g/mol. The molecule has 1 aromatic carbocycles. The zero-order chi connectivity index (χ0) is 19.4. The van der Waals surface area contributed by atoms with Crippen LogP contribution in [0.5, 0.6) is 0 Å². The Labute approximate surface area is 160 Å². The van der Waals surface area contributed by atoms with E-state index in [4.69, 9.17) is 0 Å². The van der Waals surface area contributed by atoms with Gasteiger partial charge in [0.2, 0.25) is 0 Å². The lowest BCUT2D eigenvalue weighted by Crippen LogP contribution is -2.38. The zero-order valence-electron chi connectivity index (χ0n) is 16.2. The van der Waals surface area contributed by atoms with Crippen LogP contribution in [0.15, 0.2) is 42.5 Å². The van der Waals surface area contributed by atoms with Crippen molar-refractivity contribution >= 4 is 17.5 Å². The van der Waals surface area contributed by atoms with Crippen molar-refractivity contribution < 1.29 is 9.59 Å². The fourth-order valence-electron chi connectivity index (χ4n) is 3.35. The summed E-state index contributed by atoms with van der Waals surface area (Å²) >= 11 is 0. The molecule has 1 aliphatic heterocycles. The van der Waals surface area contributed by atoms with Crippen molar-refractivity contribution in [3.05, 3.63) is 59.4 Å². The summed E-state index contributed by atoms with van der Waals surface area (Å²) in [5.41, 5.74) is 2.43. The standard InChI is InChI=1S/C22H27N3O2/c1-15(2)17-7-4-5-8-18(17)24-21(26)19-9-6-10-20(23-19)22(27)25-13-11-16(3)12-14-25/h4-10,15-16H,11-14H2,1-3H3,(H,24,26). The molecule has 0 aliphatic carbocycles. The van der Waals surface area contributed by atoms with Crippen molar-refractivity contribution in [3.63, 3.8) is 0 Å². The highest BCUT2D eigenvalue weighted by Gasteiger charge is 2.23. The van der Waals surface area contributed by atoms with E-state index < -0.39 is 0 Å². The number of para-hydroxylation sites is 1. The molecule has 0 atom stereocenters. The maximum absolute atomic E-state index is 12.7. The van der Waals surface area contributed by atoms with E-state index >= 15 is 0 Å². The Morgan fingerprint density at radius 3 is 2.41 bits per heavy atom. The third kappa shape index (κ3) is 4.54. The van der Waals surface area contributed by atoms with Gasteiger partial charge in [0.05, 0.1) is 0 Å². The van der Waals surface area contributed by atoms with E-state index in [1.165, 1.54) is 0 Å². The molecular formula is C22H27N3O2. The van der Waals surface area contributed by atoms with Gasteiger partial charge in [0.15, 0.2) is 0 Å². The number of nitrogens with zero attached hydrogens (tertiary/aromatic N) is 2. The maximum atomic E-state index is 12.7. The minimum absolute atomic E-state index is 0.0980. The monoisotopic (exact) mass is 365 g/mol. The summed E-state index contributed by atoms with van der Waals surface area (Å²) in [6.45, 7) is 7.88. The minimum Gasteiger partial charge on any atom is -0.337 e. The Morgan fingerprint density at radius 1 is 1.04 bits per heavy atom. The first-order valence-corrected chi connectivity index (χ1v) is 9.62. The number of rotatable bonds is 4. The van der Waals surface area contributed by atoms with Gasteiger partial charge < -0.3 is 10.2 Å². The van der Waals surface area contributed by atoms with Gasteiger partial charge in [0.25, 0.3) is 11.8 Å². The Kier molecular flexibility index (Phi) is 5.89. The molecule has 27 heavy (non-hydrogen) atoms. The van der Waals surface area contributed by atoms with Gasteiger partial charge in [-0.15, -0.1) is 0 Å². The van der Waals surface area contributed by atoms with Crippen LogP contribution in [0.2, 0.25) is 0 Å². The Bertz CT molecular complexity index is 824. The normalized spacial score (nSPS) is 15.0. The molecule has 3 rings (SSSR count). The van der Waals surface area contributed by atoms with Gasteiger partial charge in [-0.1, -0.05) is 45.0 Å². The maximum Gasteiger partial charge on any atom is 0.274 e. The lowest BCUT2D eigenvalue weighted by atomic mass is 9.99. The number of carbonyl (C=O) groups excluding carboxylic acids is 2. The van der Waals surface area contributed by atoms with Crippen LogP contribution in [-0.4, -0.2) is 34.8 Å². The molecule has 0 bridgehead atoms. The number of amides is 2. The molecule has 1 aliphatic rings. The highest BCUT2D eigenvalue weighted by Crippen LogP contribution is 2.24. The van der Waals surface area contributed by atoms with Crippen LogP contribution in [0.4, 0.5) is 5.69 Å². The Balaban J connectivity index is 1.75. The second-order valence-corrected chi connectivity index (χ2v) is 7.58. The summed E-state index contributed by atoms with van der Waals surface area (Å²) in [6, 6.07) is 12.8. The number of hydrogen-bond acceptors (Lipinski definition) is 3. The fraction of sp³-hybridized carbons (Fsp3) is 0.409. The number of anilines is 1. The third-order valence-electron chi connectivity index (χ3n) is 5.10. The van der Waals surface area contributed by atoms with Crippen LogP contribution >= 0.6 is 0 Å². The summed E-state index contributed by atoms with van der Waals surface area (Å²) in [5, 5.41) is 2.93. The highest BCUT2D eigenvalue weighted by atomic mass is 16.2. The SMILES string of the molecule is CC1CCN(C(=O)c2cccc(C(=O)Nc3ccccc3C(C)C)n2)CC1. The molecule has 1 saturated heterocycles. The molecule has 0 radical (unpaired) electrons. The van der Waals surface area contributed by atoms with Crippen molar-refractivity contribution in [1.82, 2.24) is 9.88 Å². The first kappa shape index (κ1) is 19.1. The zero-order valence-corrected chi connectivity index (χ0v) is 16.2. The molecule has 0 saturated carbocycles. The van der Waals surface area contributed by atoms with Crippen LogP contribution in [0.25, 0.3) is 0 Å². The molecule has 2 heterocycles. The number of benzene rings is 1. The van der Waals surface area contributed by atoms with Crippen LogP contribution in [0.3, 0.4) is 0 Å². The molecule has 5 heteroatoms. The number of likely N-dealkylation sites (tertiary alicyclic amines) is 1. The molecule has 1 N–H and O–H groups in total. The summed E-state index contributed by atoms with van der Waals surface area (Å²) in [5.74, 6) is 0.549. The molecule has 2 amide bonds. The highest BCUT2D eigenvalue weighted by molar-refractivity contribution is 6.04. The second-order valence-electron chi connectivity index (χ2n) is 7.58. The van der Waals surface area contributed by atoms with Crippen molar-refractivity contribution in [2.24, 2.45) is 5.92 Å². The summed E-state index contributed by atoms with van der Waals surface area (Å²) in [6.07, 6.45) is 2.02. The predicted octanol–water partition coefficient (Wildman–Crippen LogP) is 4.33. The first-order chi connectivity index (χ1) is 13.0. The number of aromatic nitrogens is 1. The van der Waals surface area contributed by atoms with Crippen molar-refractivity contribution in [2.75, 3.05) is 18.4 Å². The molecule has 1 aromatic heterocycles. The number of pyridine rings is 1. The smallest absolute Gasteiger partial charge is 0.274 e. The van der Waals surface area contributed by atoms with Gasteiger partial charge in [-0.05, 0) is 48.4 Å². The van der Waals surface area contributed by atoms with Crippen molar-refractivity contribution in [1.29, 1.82) is 0 Å². The second kappa shape index (κ2) is 8.33. The van der Waals surface area contributed by atoms with Gasteiger partial charge in [-0.3, -0.25) is 9.59 Å². The lowest BCUT2D eigenvalue weighted by Gasteiger charge is -2.30. The summed E-state index contributed by atoms with van der Waals surface area (Å²) in [4.78, 5) is 31.6. The van der Waals surface area contributed by atoms with Crippen molar-refractivity contribution in [3.8, 4) is 0 Å². The van der Waals surface area contributed by atoms with E-state index in [2.05, 4.69) is 31.1 Å². The number of hydrogen-bond donors (Lipinski definition) is 1.